The van der Waals surface area contributed by atoms with E-state index in [1.165, 1.54) is 11.3 Å². The van der Waals surface area contributed by atoms with Crippen molar-refractivity contribution in [1.82, 2.24) is 5.32 Å². The number of urea groups is 1. The van der Waals surface area contributed by atoms with Crippen molar-refractivity contribution in [1.29, 1.82) is 0 Å². The zero-order valence-electron chi connectivity index (χ0n) is 13.5. The van der Waals surface area contributed by atoms with Gasteiger partial charge in [0.05, 0.1) is 5.69 Å². The lowest BCUT2D eigenvalue weighted by molar-refractivity contribution is 0.252. The number of carbonyl (C=O) groups excluding carboxylic acids is 1. The highest BCUT2D eigenvalue weighted by Gasteiger charge is 2.08. The fourth-order valence-corrected chi connectivity index (χ4v) is 2.78. The standard InChI is InChI=1S/C18H22BrN3O/c1-3-22(17-11-7-4-8-14(17)2)13-12-20-18(23)21-16-10-6-5-9-15(16)19/h4-11H,3,12-13H2,1-2H3,(H2,20,21,23). The summed E-state index contributed by atoms with van der Waals surface area (Å²) >= 11 is 3.42. The number of carbonyl (C=O) groups is 1. The van der Waals surface area contributed by atoms with Crippen LogP contribution in [0.15, 0.2) is 53.0 Å². The summed E-state index contributed by atoms with van der Waals surface area (Å²) in [6.07, 6.45) is 0. The summed E-state index contributed by atoms with van der Waals surface area (Å²) in [6, 6.07) is 15.6. The normalized spacial score (nSPS) is 10.2. The smallest absolute Gasteiger partial charge is 0.319 e. The number of hydrogen-bond donors (Lipinski definition) is 2. The third-order valence-corrected chi connectivity index (χ3v) is 4.32. The first-order valence-corrected chi connectivity index (χ1v) is 8.51. The predicted octanol–water partition coefficient (Wildman–Crippen LogP) is 4.41. The SMILES string of the molecule is CCN(CCNC(=O)Nc1ccccc1Br)c1ccccc1C. The lowest BCUT2D eigenvalue weighted by Crippen LogP contribution is -2.37. The van der Waals surface area contributed by atoms with E-state index >= 15 is 0 Å². The van der Waals surface area contributed by atoms with Crippen molar-refractivity contribution in [3.63, 3.8) is 0 Å². The number of halogens is 1. The molecule has 0 aromatic heterocycles. The predicted molar refractivity (Wildman–Crippen MR) is 100 cm³/mol. The van der Waals surface area contributed by atoms with Gasteiger partial charge >= 0.3 is 6.03 Å². The minimum Gasteiger partial charge on any atom is -0.370 e. The molecular formula is C18H22BrN3O. The van der Waals surface area contributed by atoms with E-state index in [2.05, 4.69) is 57.4 Å². The number of likely N-dealkylation sites (N-methyl/N-ethyl adjacent to an activating group) is 1. The van der Waals surface area contributed by atoms with E-state index in [0.717, 1.165) is 23.2 Å². The number of nitrogens with zero attached hydrogens (tertiary/aromatic N) is 1. The van der Waals surface area contributed by atoms with E-state index in [9.17, 15) is 4.79 Å². The highest BCUT2D eigenvalue weighted by atomic mass is 79.9. The summed E-state index contributed by atoms with van der Waals surface area (Å²) in [6.45, 7) is 6.47. The van der Waals surface area contributed by atoms with Crippen LogP contribution < -0.4 is 15.5 Å². The zero-order chi connectivity index (χ0) is 16.7. The molecule has 0 spiro atoms. The van der Waals surface area contributed by atoms with Gasteiger partial charge in [0.1, 0.15) is 0 Å². The number of benzene rings is 2. The number of para-hydroxylation sites is 2. The van der Waals surface area contributed by atoms with Crippen LogP contribution in [0.5, 0.6) is 0 Å². The summed E-state index contributed by atoms with van der Waals surface area (Å²) in [4.78, 5) is 14.2. The van der Waals surface area contributed by atoms with Gasteiger partial charge in [-0.15, -0.1) is 0 Å². The van der Waals surface area contributed by atoms with Crippen LogP contribution in [0.1, 0.15) is 12.5 Å². The molecule has 0 aliphatic carbocycles. The Morgan fingerprint density at radius 2 is 1.83 bits per heavy atom. The van der Waals surface area contributed by atoms with Gasteiger partial charge in [-0.2, -0.15) is 0 Å². The lowest BCUT2D eigenvalue weighted by atomic mass is 10.2. The van der Waals surface area contributed by atoms with Crippen LogP contribution in [0.4, 0.5) is 16.2 Å². The molecule has 0 bridgehead atoms. The Bertz CT molecular complexity index is 660. The summed E-state index contributed by atoms with van der Waals surface area (Å²) in [5.41, 5.74) is 3.21. The second-order valence-electron chi connectivity index (χ2n) is 5.23. The van der Waals surface area contributed by atoms with E-state index in [-0.39, 0.29) is 6.03 Å². The van der Waals surface area contributed by atoms with Gasteiger partial charge in [0.25, 0.3) is 0 Å². The van der Waals surface area contributed by atoms with Gasteiger partial charge in [-0.1, -0.05) is 30.3 Å². The topological polar surface area (TPSA) is 44.4 Å². The maximum absolute atomic E-state index is 12.0. The van der Waals surface area contributed by atoms with Crippen LogP contribution in [0.25, 0.3) is 0 Å². The van der Waals surface area contributed by atoms with E-state index in [0.29, 0.717) is 6.54 Å². The van der Waals surface area contributed by atoms with Gasteiger partial charge in [0, 0.05) is 29.8 Å². The number of rotatable bonds is 6. The molecule has 0 saturated heterocycles. The average molecular weight is 376 g/mol. The van der Waals surface area contributed by atoms with Crippen molar-refractivity contribution >= 4 is 33.3 Å². The summed E-state index contributed by atoms with van der Waals surface area (Å²) < 4.78 is 0.866. The molecule has 0 aliphatic rings. The van der Waals surface area contributed by atoms with Crippen molar-refractivity contribution < 1.29 is 4.79 Å². The Morgan fingerprint density at radius 1 is 1.13 bits per heavy atom. The minimum absolute atomic E-state index is 0.197. The fourth-order valence-electron chi connectivity index (χ4n) is 2.40. The second-order valence-corrected chi connectivity index (χ2v) is 6.08. The molecule has 0 atom stereocenters. The molecule has 2 amide bonds. The van der Waals surface area contributed by atoms with E-state index in [1.807, 2.05) is 36.4 Å². The molecule has 0 radical (unpaired) electrons. The monoisotopic (exact) mass is 375 g/mol. The summed E-state index contributed by atoms with van der Waals surface area (Å²) in [7, 11) is 0. The van der Waals surface area contributed by atoms with Gasteiger partial charge in [-0.3, -0.25) is 0 Å². The van der Waals surface area contributed by atoms with Gasteiger partial charge < -0.3 is 15.5 Å². The molecule has 122 valence electrons. The van der Waals surface area contributed by atoms with Gasteiger partial charge in [0.15, 0.2) is 0 Å². The molecule has 2 rings (SSSR count). The van der Waals surface area contributed by atoms with E-state index in [1.54, 1.807) is 0 Å². The number of nitrogens with one attached hydrogen (secondary N) is 2. The third-order valence-electron chi connectivity index (χ3n) is 3.63. The van der Waals surface area contributed by atoms with Gasteiger partial charge in [-0.25, -0.2) is 4.79 Å². The highest BCUT2D eigenvalue weighted by Crippen LogP contribution is 2.21. The van der Waals surface area contributed by atoms with Crippen molar-refractivity contribution in [3.05, 3.63) is 58.6 Å². The Morgan fingerprint density at radius 3 is 2.52 bits per heavy atom. The molecule has 2 aromatic carbocycles. The summed E-state index contributed by atoms with van der Waals surface area (Å²) in [5.74, 6) is 0. The number of anilines is 2. The van der Waals surface area contributed by atoms with Crippen molar-refractivity contribution in [2.45, 2.75) is 13.8 Å². The molecule has 4 nitrogen and oxygen atoms in total. The second kappa shape index (κ2) is 8.58. The summed E-state index contributed by atoms with van der Waals surface area (Å²) in [5, 5.41) is 5.74. The first-order chi connectivity index (χ1) is 11.1. The fraction of sp³-hybridized carbons (Fsp3) is 0.278. The van der Waals surface area contributed by atoms with Crippen LogP contribution in [0, 0.1) is 6.92 Å². The van der Waals surface area contributed by atoms with Gasteiger partial charge in [-0.05, 0) is 53.5 Å². The first kappa shape index (κ1) is 17.3. The molecule has 2 N–H and O–H groups in total. The molecule has 0 unspecified atom stereocenters. The Hall–Kier alpha value is -2.01. The highest BCUT2D eigenvalue weighted by molar-refractivity contribution is 9.10. The maximum Gasteiger partial charge on any atom is 0.319 e. The lowest BCUT2D eigenvalue weighted by Gasteiger charge is -2.25. The van der Waals surface area contributed by atoms with Crippen LogP contribution in [0.3, 0.4) is 0 Å². The minimum atomic E-state index is -0.197. The first-order valence-electron chi connectivity index (χ1n) is 7.71. The Balaban J connectivity index is 1.85. The van der Waals surface area contributed by atoms with Crippen LogP contribution >= 0.6 is 15.9 Å². The molecule has 5 heteroatoms. The number of amides is 2. The van der Waals surface area contributed by atoms with Gasteiger partial charge in [0.2, 0.25) is 0 Å². The van der Waals surface area contributed by atoms with Crippen LogP contribution in [-0.4, -0.2) is 25.7 Å². The van der Waals surface area contributed by atoms with E-state index < -0.39 is 0 Å². The molecule has 0 fully saturated rings. The number of hydrogen-bond acceptors (Lipinski definition) is 2. The quantitative estimate of drug-likeness (QED) is 0.785. The van der Waals surface area contributed by atoms with E-state index in [4.69, 9.17) is 0 Å². The van der Waals surface area contributed by atoms with Crippen molar-refractivity contribution in [2.75, 3.05) is 29.9 Å². The molecule has 23 heavy (non-hydrogen) atoms. The van der Waals surface area contributed by atoms with Crippen molar-refractivity contribution in [2.24, 2.45) is 0 Å². The Kier molecular flexibility index (Phi) is 6.47. The largest absolute Gasteiger partial charge is 0.370 e. The maximum atomic E-state index is 12.0. The van der Waals surface area contributed by atoms with Crippen LogP contribution in [0.2, 0.25) is 0 Å². The molecular weight excluding hydrogens is 354 g/mol. The molecule has 0 aliphatic heterocycles. The van der Waals surface area contributed by atoms with Crippen molar-refractivity contribution in [3.8, 4) is 0 Å². The molecule has 0 heterocycles. The zero-order valence-corrected chi connectivity index (χ0v) is 15.1. The molecule has 2 aromatic rings. The average Bonchev–Trinajstić information content (AvgIpc) is 2.55. The van der Waals surface area contributed by atoms with Crippen LogP contribution in [-0.2, 0) is 0 Å². The molecule has 0 saturated carbocycles. The third kappa shape index (κ3) is 4.99. The number of aryl methyl sites for hydroxylation is 1. The Labute approximate surface area is 146 Å².